The van der Waals surface area contributed by atoms with Crippen LogP contribution < -0.4 is 0 Å². The summed E-state index contributed by atoms with van der Waals surface area (Å²) in [5.41, 5.74) is 6.01. The SMILES string of the molecule is CC(=CCc1c(C)c(C)c(C)c(O)c1S)CCC[C@H](C)CCC[C@H](C)CCCC(C)C. The van der Waals surface area contributed by atoms with Gasteiger partial charge < -0.3 is 5.11 Å². The second kappa shape index (κ2) is 14.3. The molecule has 2 heteroatoms. The summed E-state index contributed by atoms with van der Waals surface area (Å²) >= 11 is 4.59. The van der Waals surface area contributed by atoms with E-state index in [0.29, 0.717) is 5.75 Å². The third-order valence-electron chi connectivity index (χ3n) is 7.24. The van der Waals surface area contributed by atoms with Gasteiger partial charge in [-0.2, -0.15) is 0 Å². The zero-order chi connectivity index (χ0) is 23.6. The monoisotopic (exact) mass is 446 g/mol. The van der Waals surface area contributed by atoms with Crippen molar-refractivity contribution >= 4 is 12.6 Å². The van der Waals surface area contributed by atoms with Crippen LogP contribution in [0.15, 0.2) is 16.5 Å². The molecule has 0 aliphatic heterocycles. The number of aromatic hydroxyl groups is 1. The molecule has 0 bridgehead atoms. The van der Waals surface area contributed by atoms with Gasteiger partial charge in [-0.1, -0.05) is 84.3 Å². The number of benzene rings is 1. The van der Waals surface area contributed by atoms with Crippen molar-refractivity contribution in [2.45, 2.75) is 124 Å². The highest BCUT2D eigenvalue weighted by Crippen LogP contribution is 2.35. The first-order valence-electron chi connectivity index (χ1n) is 12.7. The summed E-state index contributed by atoms with van der Waals surface area (Å²) in [7, 11) is 0. The van der Waals surface area contributed by atoms with Crippen molar-refractivity contribution < 1.29 is 5.11 Å². The molecule has 0 saturated heterocycles. The number of phenolic OH excluding ortho intramolecular Hbond substituents is 1. The predicted octanol–water partition coefficient (Wildman–Crippen LogP) is 9.53. The maximum atomic E-state index is 10.3. The summed E-state index contributed by atoms with van der Waals surface area (Å²) in [4.78, 5) is 0.747. The summed E-state index contributed by atoms with van der Waals surface area (Å²) in [6.45, 7) is 18.0. The Morgan fingerprint density at radius 2 is 1.32 bits per heavy atom. The Bertz CT molecular complexity index is 672. The van der Waals surface area contributed by atoms with Crippen LogP contribution in [0.2, 0.25) is 0 Å². The second-order valence-corrected chi connectivity index (χ2v) is 11.1. The molecular weight excluding hydrogens is 396 g/mol. The first-order chi connectivity index (χ1) is 14.5. The minimum absolute atomic E-state index is 0.343. The zero-order valence-corrected chi connectivity index (χ0v) is 22.7. The second-order valence-electron chi connectivity index (χ2n) is 10.7. The zero-order valence-electron chi connectivity index (χ0n) is 21.8. The van der Waals surface area contributed by atoms with Crippen molar-refractivity contribution in [1.82, 2.24) is 0 Å². The summed E-state index contributed by atoms with van der Waals surface area (Å²) < 4.78 is 0. The number of hydrogen-bond donors (Lipinski definition) is 2. The minimum atomic E-state index is 0.343. The molecule has 0 heterocycles. The molecule has 0 aliphatic rings. The van der Waals surface area contributed by atoms with Gasteiger partial charge in [0.2, 0.25) is 0 Å². The van der Waals surface area contributed by atoms with E-state index in [1.165, 1.54) is 80.1 Å². The fourth-order valence-corrected chi connectivity index (χ4v) is 4.95. The maximum Gasteiger partial charge on any atom is 0.132 e. The van der Waals surface area contributed by atoms with E-state index < -0.39 is 0 Å². The molecular formula is C29H50OS. The van der Waals surface area contributed by atoms with Gasteiger partial charge in [0.25, 0.3) is 0 Å². The molecule has 0 spiro atoms. The van der Waals surface area contributed by atoms with Crippen LogP contribution in [0.3, 0.4) is 0 Å². The first-order valence-corrected chi connectivity index (χ1v) is 13.1. The van der Waals surface area contributed by atoms with Gasteiger partial charge in [-0.25, -0.2) is 0 Å². The van der Waals surface area contributed by atoms with Crippen LogP contribution in [-0.2, 0) is 6.42 Å². The van der Waals surface area contributed by atoms with Gasteiger partial charge in [-0.15, -0.1) is 12.6 Å². The Kier molecular flexibility index (Phi) is 13.0. The molecule has 0 aromatic heterocycles. The quantitative estimate of drug-likeness (QED) is 0.215. The van der Waals surface area contributed by atoms with Crippen LogP contribution in [0, 0.1) is 38.5 Å². The maximum absolute atomic E-state index is 10.3. The summed E-state index contributed by atoms with van der Waals surface area (Å²) in [5, 5.41) is 10.3. The van der Waals surface area contributed by atoms with E-state index in [0.717, 1.165) is 34.6 Å². The van der Waals surface area contributed by atoms with E-state index in [1.807, 2.05) is 6.92 Å². The van der Waals surface area contributed by atoms with Crippen LogP contribution in [0.1, 0.15) is 115 Å². The molecule has 1 nitrogen and oxygen atoms in total. The standard InChI is InChI=1S/C29H50OS/c1-20(2)12-9-13-21(3)14-10-15-22(4)16-11-17-23(5)18-19-27-25(7)24(6)26(8)28(30)29(27)31/h18,20-22,30-31H,9-17,19H2,1-8H3/t21-,22-/m1/s1. The van der Waals surface area contributed by atoms with E-state index in [-0.39, 0.29) is 0 Å². The van der Waals surface area contributed by atoms with Crippen molar-refractivity contribution in [2.75, 3.05) is 0 Å². The average Bonchev–Trinajstić information content (AvgIpc) is 2.70. The molecule has 1 rings (SSSR count). The summed E-state index contributed by atoms with van der Waals surface area (Å²) in [5.74, 6) is 2.91. The molecule has 0 saturated carbocycles. The molecule has 0 unspecified atom stereocenters. The van der Waals surface area contributed by atoms with Gasteiger partial charge in [-0.05, 0) is 87.0 Å². The fraction of sp³-hybridized carbons (Fsp3) is 0.724. The van der Waals surface area contributed by atoms with Gasteiger partial charge in [0.15, 0.2) is 0 Å². The smallest absolute Gasteiger partial charge is 0.132 e. The topological polar surface area (TPSA) is 20.2 Å². The number of thiol groups is 1. The van der Waals surface area contributed by atoms with Gasteiger partial charge in [-0.3, -0.25) is 0 Å². The normalized spacial score (nSPS) is 14.3. The molecule has 31 heavy (non-hydrogen) atoms. The highest BCUT2D eigenvalue weighted by molar-refractivity contribution is 7.80. The van der Waals surface area contributed by atoms with Crippen LogP contribution in [0.25, 0.3) is 0 Å². The lowest BCUT2D eigenvalue weighted by molar-refractivity contribution is 0.389. The Balaban J connectivity index is 2.34. The van der Waals surface area contributed by atoms with E-state index in [2.05, 4.69) is 67.2 Å². The molecule has 1 aromatic carbocycles. The van der Waals surface area contributed by atoms with Crippen molar-refractivity contribution in [3.05, 3.63) is 33.9 Å². The summed E-state index contributed by atoms with van der Waals surface area (Å²) in [6.07, 6.45) is 15.3. The Morgan fingerprint density at radius 1 is 0.806 bits per heavy atom. The molecule has 0 radical (unpaired) electrons. The molecule has 2 atom stereocenters. The first kappa shape index (κ1) is 28.1. The highest BCUT2D eigenvalue weighted by atomic mass is 32.1. The van der Waals surface area contributed by atoms with E-state index >= 15 is 0 Å². The van der Waals surface area contributed by atoms with Crippen molar-refractivity contribution in [1.29, 1.82) is 0 Å². The van der Waals surface area contributed by atoms with Gasteiger partial charge in [0.1, 0.15) is 5.75 Å². The number of rotatable bonds is 14. The molecule has 178 valence electrons. The molecule has 1 aromatic rings. The fourth-order valence-electron chi connectivity index (χ4n) is 4.52. The van der Waals surface area contributed by atoms with Crippen LogP contribution >= 0.6 is 12.6 Å². The lowest BCUT2D eigenvalue weighted by Crippen LogP contribution is -2.00. The van der Waals surface area contributed by atoms with Crippen LogP contribution in [0.5, 0.6) is 5.75 Å². The van der Waals surface area contributed by atoms with E-state index in [9.17, 15) is 5.11 Å². The molecule has 1 N–H and O–H groups in total. The molecule has 0 aliphatic carbocycles. The third-order valence-corrected chi connectivity index (χ3v) is 7.72. The minimum Gasteiger partial charge on any atom is -0.506 e. The predicted molar refractivity (Wildman–Crippen MR) is 142 cm³/mol. The van der Waals surface area contributed by atoms with Gasteiger partial charge >= 0.3 is 0 Å². The summed E-state index contributed by atoms with van der Waals surface area (Å²) in [6, 6.07) is 0. The van der Waals surface area contributed by atoms with Crippen LogP contribution in [-0.4, -0.2) is 5.11 Å². The van der Waals surface area contributed by atoms with E-state index in [1.54, 1.807) is 0 Å². The Hall–Kier alpha value is -0.890. The van der Waals surface area contributed by atoms with Gasteiger partial charge in [0.05, 0.1) is 4.90 Å². The van der Waals surface area contributed by atoms with Crippen molar-refractivity contribution in [3.8, 4) is 5.75 Å². The number of allylic oxidation sites excluding steroid dienone is 2. The Labute approximate surface area is 199 Å². The molecule has 0 amide bonds. The van der Waals surface area contributed by atoms with Crippen LogP contribution in [0.4, 0.5) is 0 Å². The highest BCUT2D eigenvalue weighted by Gasteiger charge is 2.14. The molecule has 0 fully saturated rings. The van der Waals surface area contributed by atoms with E-state index in [4.69, 9.17) is 0 Å². The van der Waals surface area contributed by atoms with Gasteiger partial charge in [0, 0.05) is 0 Å². The number of phenols is 1. The average molecular weight is 447 g/mol. The van der Waals surface area contributed by atoms with Crippen molar-refractivity contribution in [2.24, 2.45) is 17.8 Å². The van der Waals surface area contributed by atoms with Crippen molar-refractivity contribution in [3.63, 3.8) is 0 Å². The lowest BCUT2D eigenvalue weighted by Gasteiger charge is -2.16. The Morgan fingerprint density at radius 3 is 1.87 bits per heavy atom. The third kappa shape index (κ3) is 10.1. The number of hydrogen-bond acceptors (Lipinski definition) is 2. The lowest BCUT2D eigenvalue weighted by atomic mass is 9.91. The largest absolute Gasteiger partial charge is 0.506 e.